The number of hydrogen-bond donors (Lipinski definition) is 2. The Bertz CT molecular complexity index is 1050. The predicted octanol–water partition coefficient (Wildman–Crippen LogP) is 2.39. The summed E-state index contributed by atoms with van der Waals surface area (Å²) in [7, 11) is -3.87. The van der Waals surface area contributed by atoms with Crippen molar-refractivity contribution in [2.75, 3.05) is 18.0 Å². The van der Waals surface area contributed by atoms with Gasteiger partial charge in [-0.3, -0.25) is 9.59 Å². The number of anilines is 1. The van der Waals surface area contributed by atoms with Crippen molar-refractivity contribution in [2.45, 2.75) is 44.6 Å². The second-order valence-electron chi connectivity index (χ2n) is 8.15. The van der Waals surface area contributed by atoms with Gasteiger partial charge in [0.2, 0.25) is 21.8 Å². The molecule has 0 bridgehead atoms. The summed E-state index contributed by atoms with van der Waals surface area (Å²) in [5.74, 6) is -1.04. The van der Waals surface area contributed by atoms with Crippen LogP contribution >= 0.6 is 0 Å². The van der Waals surface area contributed by atoms with Gasteiger partial charge in [0, 0.05) is 12.2 Å². The van der Waals surface area contributed by atoms with E-state index in [0.29, 0.717) is 6.54 Å². The van der Waals surface area contributed by atoms with Gasteiger partial charge >= 0.3 is 0 Å². The Morgan fingerprint density at radius 3 is 2.42 bits per heavy atom. The zero-order chi connectivity index (χ0) is 22.6. The molecule has 1 aliphatic heterocycles. The highest BCUT2D eigenvalue weighted by Crippen LogP contribution is 2.26. The molecule has 3 rings (SSSR count). The fourth-order valence-corrected chi connectivity index (χ4v) is 4.95. The quantitative estimate of drug-likeness (QED) is 0.687. The van der Waals surface area contributed by atoms with Crippen LogP contribution in [-0.4, -0.2) is 39.4 Å². The molecule has 7 nitrogen and oxygen atoms in total. The first kappa shape index (κ1) is 23.0. The van der Waals surface area contributed by atoms with Crippen molar-refractivity contribution < 1.29 is 18.0 Å². The summed E-state index contributed by atoms with van der Waals surface area (Å²) in [6.45, 7) is 5.78. The fraction of sp³-hybridized carbons (Fsp3) is 0.391. The highest BCUT2D eigenvalue weighted by atomic mass is 32.2. The number of sulfonamides is 1. The highest BCUT2D eigenvalue weighted by molar-refractivity contribution is 7.89. The van der Waals surface area contributed by atoms with E-state index in [0.717, 1.165) is 29.7 Å². The summed E-state index contributed by atoms with van der Waals surface area (Å²) < 4.78 is 27.9. The van der Waals surface area contributed by atoms with Crippen LogP contribution in [0.1, 0.15) is 31.4 Å². The molecule has 1 aliphatic rings. The summed E-state index contributed by atoms with van der Waals surface area (Å²) in [4.78, 5) is 27.3. The maximum Gasteiger partial charge on any atom is 0.246 e. The summed E-state index contributed by atoms with van der Waals surface area (Å²) in [6.07, 6.45) is 1.78. The Balaban J connectivity index is 1.66. The van der Waals surface area contributed by atoms with Crippen molar-refractivity contribution in [3.63, 3.8) is 0 Å². The van der Waals surface area contributed by atoms with Crippen molar-refractivity contribution in [3.05, 3.63) is 59.7 Å². The van der Waals surface area contributed by atoms with E-state index in [-0.39, 0.29) is 23.3 Å². The van der Waals surface area contributed by atoms with Crippen LogP contribution in [0.5, 0.6) is 0 Å². The third kappa shape index (κ3) is 5.51. The van der Waals surface area contributed by atoms with Crippen LogP contribution in [0.25, 0.3) is 0 Å². The number of rotatable bonds is 7. The van der Waals surface area contributed by atoms with Gasteiger partial charge in [0.15, 0.2) is 0 Å². The van der Waals surface area contributed by atoms with E-state index < -0.39 is 22.0 Å². The van der Waals surface area contributed by atoms with Crippen LogP contribution in [0.2, 0.25) is 0 Å². The molecule has 2 N–H and O–H groups in total. The lowest BCUT2D eigenvalue weighted by molar-refractivity contribution is -0.126. The second-order valence-corrected chi connectivity index (χ2v) is 9.87. The SMILES string of the molecule is Cc1ccc(S(=O)(=O)N[C@@H](C(=O)NCC(=O)N2CCCc3ccccc32)C(C)C)cc1. The van der Waals surface area contributed by atoms with Crippen LogP contribution in [0.3, 0.4) is 0 Å². The Labute approximate surface area is 183 Å². The normalized spacial score (nSPS) is 14.8. The van der Waals surface area contributed by atoms with Crippen LogP contribution in [-0.2, 0) is 26.0 Å². The topological polar surface area (TPSA) is 95.6 Å². The van der Waals surface area contributed by atoms with Gasteiger partial charge in [-0.05, 0) is 49.4 Å². The van der Waals surface area contributed by atoms with Crippen molar-refractivity contribution in [3.8, 4) is 0 Å². The standard InChI is InChI=1S/C23H29N3O4S/c1-16(2)22(25-31(29,30)19-12-10-17(3)11-13-19)23(28)24-15-21(27)26-14-6-8-18-7-4-5-9-20(18)26/h4-5,7,9-13,16,22,25H,6,8,14-15H2,1-3H3,(H,24,28)/t22-/m1/s1. The monoisotopic (exact) mass is 443 g/mol. The molecule has 0 fully saturated rings. The lowest BCUT2D eigenvalue weighted by atomic mass is 10.0. The van der Waals surface area contributed by atoms with E-state index in [1.165, 1.54) is 12.1 Å². The molecule has 2 amide bonds. The molecule has 0 aliphatic carbocycles. The third-order valence-electron chi connectivity index (χ3n) is 5.39. The van der Waals surface area contributed by atoms with Gasteiger partial charge in [-0.25, -0.2) is 8.42 Å². The lowest BCUT2D eigenvalue weighted by Crippen LogP contribution is -2.52. The van der Waals surface area contributed by atoms with Crippen molar-refractivity contribution in [1.82, 2.24) is 10.0 Å². The zero-order valence-electron chi connectivity index (χ0n) is 18.1. The lowest BCUT2D eigenvalue weighted by Gasteiger charge is -2.30. The minimum Gasteiger partial charge on any atom is -0.346 e. The number of aryl methyl sites for hydroxylation is 2. The molecule has 0 saturated heterocycles. The molecule has 0 radical (unpaired) electrons. The molecule has 2 aromatic carbocycles. The zero-order valence-corrected chi connectivity index (χ0v) is 18.9. The maximum atomic E-state index is 12.8. The van der Waals surface area contributed by atoms with Gasteiger partial charge in [-0.2, -0.15) is 4.72 Å². The number of para-hydroxylation sites is 1. The highest BCUT2D eigenvalue weighted by Gasteiger charge is 2.29. The van der Waals surface area contributed by atoms with Crippen molar-refractivity contribution in [1.29, 1.82) is 0 Å². The van der Waals surface area contributed by atoms with Crippen LogP contribution in [0.4, 0.5) is 5.69 Å². The number of fused-ring (bicyclic) bond motifs is 1. The largest absolute Gasteiger partial charge is 0.346 e. The first-order valence-electron chi connectivity index (χ1n) is 10.4. The van der Waals surface area contributed by atoms with Gasteiger partial charge in [0.25, 0.3) is 0 Å². The second kappa shape index (κ2) is 9.62. The third-order valence-corrected chi connectivity index (χ3v) is 6.84. The average Bonchev–Trinajstić information content (AvgIpc) is 2.75. The number of carbonyl (C=O) groups excluding carboxylic acids is 2. The minimum absolute atomic E-state index is 0.0950. The van der Waals surface area contributed by atoms with Crippen molar-refractivity contribution >= 4 is 27.5 Å². The molecule has 166 valence electrons. The predicted molar refractivity (Wildman–Crippen MR) is 120 cm³/mol. The fourth-order valence-electron chi connectivity index (χ4n) is 3.61. The Hall–Kier alpha value is -2.71. The first-order chi connectivity index (χ1) is 14.7. The molecule has 31 heavy (non-hydrogen) atoms. The number of nitrogens with one attached hydrogen (secondary N) is 2. The van der Waals surface area contributed by atoms with Gasteiger partial charge in [-0.1, -0.05) is 49.7 Å². The van der Waals surface area contributed by atoms with E-state index in [4.69, 9.17) is 0 Å². The molecular weight excluding hydrogens is 414 g/mol. The summed E-state index contributed by atoms with van der Waals surface area (Å²) in [6, 6.07) is 13.2. The number of nitrogens with zero attached hydrogens (tertiary/aromatic N) is 1. The summed E-state index contributed by atoms with van der Waals surface area (Å²) in [5, 5.41) is 2.62. The maximum absolute atomic E-state index is 12.8. The molecule has 0 unspecified atom stereocenters. The molecule has 0 aromatic heterocycles. The molecule has 1 heterocycles. The van der Waals surface area contributed by atoms with E-state index in [2.05, 4.69) is 10.0 Å². The van der Waals surface area contributed by atoms with Gasteiger partial charge in [-0.15, -0.1) is 0 Å². The number of benzene rings is 2. The molecule has 8 heteroatoms. The van der Waals surface area contributed by atoms with E-state index in [1.807, 2.05) is 31.2 Å². The number of amides is 2. The average molecular weight is 444 g/mol. The molecular formula is C23H29N3O4S. The Morgan fingerprint density at radius 2 is 1.74 bits per heavy atom. The van der Waals surface area contributed by atoms with Gasteiger partial charge in [0.1, 0.15) is 6.04 Å². The van der Waals surface area contributed by atoms with E-state index in [1.54, 1.807) is 30.9 Å². The Morgan fingerprint density at radius 1 is 1.06 bits per heavy atom. The van der Waals surface area contributed by atoms with E-state index >= 15 is 0 Å². The molecule has 0 spiro atoms. The molecule has 0 saturated carbocycles. The van der Waals surface area contributed by atoms with Crippen LogP contribution in [0.15, 0.2) is 53.4 Å². The van der Waals surface area contributed by atoms with Crippen LogP contribution in [0, 0.1) is 12.8 Å². The number of hydrogen-bond acceptors (Lipinski definition) is 4. The molecule has 1 atom stereocenters. The van der Waals surface area contributed by atoms with E-state index in [9.17, 15) is 18.0 Å². The minimum atomic E-state index is -3.87. The Kier molecular flexibility index (Phi) is 7.12. The van der Waals surface area contributed by atoms with Gasteiger partial charge in [0.05, 0.1) is 11.4 Å². The summed E-state index contributed by atoms with van der Waals surface area (Å²) in [5.41, 5.74) is 2.92. The van der Waals surface area contributed by atoms with Crippen LogP contribution < -0.4 is 14.9 Å². The summed E-state index contributed by atoms with van der Waals surface area (Å²) >= 11 is 0. The molecule has 2 aromatic rings. The smallest absolute Gasteiger partial charge is 0.246 e. The first-order valence-corrected chi connectivity index (χ1v) is 11.9. The van der Waals surface area contributed by atoms with Gasteiger partial charge < -0.3 is 10.2 Å². The van der Waals surface area contributed by atoms with Crippen molar-refractivity contribution in [2.24, 2.45) is 5.92 Å². The number of carbonyl (C=O) groups is 2.